The minimum absolute atomic E-state index is 1.04. The fraction of sp³-hybridized carbons (Fsp3) is 0. The van der Waals surface area contributed by atoms with Gasteiger partial charge in [0.05, 0.1) is 5.52 Å². The Morgan fingerprint density at radius 1 is 1.23 bits per heavy atom. The molecule has 1 aromatic heterocycles. The summed E-state index contributed by atoms with van der Waals surface area (Å²) in [5, 5.41) is 3.02. The van der Waals surface area contributed by atoms with Crippen LogP contribution in [0, 0.1) is 0 Å². The van der Waals surface area contributed by atoms with Crippen molar-refractivity contribution in [2.75, 3.05) is 0 Å². The summed E-state index contributed by atoms with van der Waals surface area (Å²) in [5.74, 6) is 0. The number of hydrogen-bond donors (Lipinski definition) is 0. The van der Waals surface area contributed by atoms with Crippen molar-refractivity contribution in [1.29, 1.82) is 0 Å². The summed E-state index contributed by atoms with van der Waals surface area (Å²) in [6, 6.07) is 10.1. The van der Waals surface area contributed by atoms with Gasteiger partial charge in [0.25, 0.3) is 0 Å². The van der Waals surface area contributed by atoms with E-state index >= 15 is 0 Å². The minimum atomic E-state index is 1.04. The summed E-state index contributed by atoms with van der Waals surface area (Å²) in [6.45, 7) is 3.71. The molecule has 0 atom stereocenters. The van der Waals surface area contributed by atoms with Gasteiger partial charge in [0, 0.05) is 16.5 Å². The van der Waals surface area contributed by atoms with Crippen molar-refractivity contribution in [2.24, 2.45) is 0 Å². The number of thioether (sulfide) groups is 1. The lowest BCUT2D eigenvalue weighted by molar-refractivity contribution is 1.39. The molecule has 0 aliphatic carbocycles. The number of hydrogen-bond acceptors (Lipinski definition) is 2. The van der Waals surface area contributed by atoms with Crippen molar-refractivity contribution < 1.29 is 0 Å². The van der Waals surface area contributed by atoms with Crippen molar-refractivity contribution in [3.8, 4) is 0 Å². The first kappa shape index (κ1) is 8.32. The Morgan fingerprint density at radius 2 is 2.15 bits per heavy atom. The lowest BCUT2D eigenvalue weighted by Crippen LogP contribution is -1.78. The topological polar surface area (TPSA) is 12.9 Å². The maximum absolute atomic E-state index is 4.28. The predicted molar refractivity (Wildman–Crippen MR) is 57.8 cm³/mol. The van der Waals surface area contributed by atoms with Gasteiger partial charge in [-0.2, -0.15) is 0 Å². The number of pyridine rings is 1. The van der Waals surface area contributed by atoms with E-state index in [-0.39, 0.29) is 0 Å². The average Bonchev–Trinajstić information content (AvgIpc) is 2.19. The Morgan fingerprint density at radius 3 is 3.00 bits per heavy atom. The summed E-state index contributed by atoms with van der Waals surface area (Å²) >= 11 is 1.63. The lowest BCUT2D eigenvalue weighted by atomic mass is 10.2. The summed E-state index contributed by atoms with van der Waals surface area (Å²) < 4.78 is 0. The summed E-state index contributed by atoms with van der Waals surface area (Å²) in [6.07, 6.45) is 1.81. The number of fused-ring (bicyclic) bond motifs is 1. The van der Waals surface area contributed by atoms with Crippen LogP contribution in [0.15, 0.2) is 53.4 Å². The van der Waals surface area contributed by atoms with E-state index in [1.807, 2.05) is 29.8 Å². The smallest absolute Gasteiger partial charge is 0.0713 e. The van der Waals surface area contributed by atoms with Crippen LogP contribution in [0.3, 0.4) is 0 Å². The van der Waals surface area contributed by atoms with Gasteiger partial charge in [0.2, 0.25) is 0 Å². The highest BCUT2D eigenvalue weighted by molar-refractivity contribution is 8.02. The van der Waals surface area contributed by atoms with E-state index < -0.39 is 0 Å². The van der Waals surface area contributed by atoms with Crippen LogP contribution < -0.4 is 0 Å². The molecule has 0 saturated carbocycles. The van der Waals surface area contributed by atoms with E-state index in [2.05, 4.69) is 23.7 Å². The molecular formula is C11H9NS. The molecule has 1 nitrogen and oxygen atoms in total. The number of rotatable bonds is 2. The second-order valence-corrected chi connectivity index (χ2v) is 3.62. The number of benzene rings is 1. The van der Waals surface area contributed by atoms with Crippen molar-refractivity contribution in [3.63, 3.8) is 0 Å². The maximum Gasteiger partial charge on any atom is 0.0713 e. The Bertz CT molecular complexity index is 432. The van der Waals surface area contributed by atoms with Crippen LogP contribution in [-0.4, -0.2) is 4.98 Å². The third-order valence-corrected chi connectivity index (χ3v) is 2.59. The molecule has 2 aromatic rings. The van der Waals surface area contributed by atoms with Crippen LogP contribution in [0.5, 0.6) is 0 Å². The molecule has 0 bridgehead atoms. The fourth-order valence-electron chi connectivity index (χ4n) is 1.27. The highest BCUT2D eigenvalue weighted by Crippen LogP contribution is 2.26. The molecule has 0 fully saturated rings. The van der Waals surface area contributed by atoms with E-state index in [1.54, 1.807) is 11.8 Å². The Kier molecular flexibility index (Phi) is 2.32. The van der Waals surface area contributed by atoms with Crippen molar-refractivity contribution in [3.05, 3.63) is 48.5 Å². The van der Waals surface area contributed by atoms with Crippen molar-refractivity contribution >= 4 is 22.7 Å². The molecule has 2 rings (SSSR count). The average molecular weight is 187 g/mol. The van der Waals surface area contributed by atoms with Crippen molar-refractivity contribution in [2.45, 2.75) is 4.90 Å². The zero-order chi connectivity index (χ0) is 9.10. The van der Waals surface area contributed by atoms with Crippen LogP contribution in [0.2, 0.25) is 0 Å². The van der Waals surface area contributed by atoms with E-state index in [1.165, 1.54) is 10.3 Å². The van der Waals surface area contributed by atoms with Gasteiger partial charge in [-0.25, -0.2) is 0 Å². The van der Waals surface area contributed by atoms with Crippen LogP contribution in [0.25, 0.3) is 10.9 Å². The van der Waals surface area contributed by atoms with Gasteiger partial charge in [0.1, 0.15) is 0 Å². The molecule has 0 amide bonds. The molecule has 0 N–H and O–H groups in total. The molecule has 1 heterocycles. The van der Waals surface area contributed by atoms with Crippen molar-refractivity contribution in [1.82, 2.24) is 4.98 Å². The van der Waals surface area contributed by atoms with Gasteiger partial charge in [-0.05, 0) is 23.6 Å². The van der Waals surface area contributed by atoms with Crippen LogP contribution in [-0.2, 0) is 0 Å². The molecule has 0 radical (unpaired) electrons. The highest BCUT2D eigenvalue weighted by Gasteiger charge is 1.98. The second kappa shape index (κ2) is 3.62. The first-order chi connectivity index (χ1) is 6.42. The normalized spacial score (nSPS) is 10.2. The molecule has 64 valence electrons. The van der Waals surface area contributed by atoms with E-state index in [0.717, 1.165) is 5.52 Å². The molecule has 0 aliphatic rings. The first-order valence-electron chi connectivity index (χ1n) is 4.03. The van der Waals surface area contributed by atoms with Crippen LogP contribution in [0.1, 0.15) is 0 Å². The summed E-state index contributed by atoms with van der Waals surface area (Å²) in [4.78, 5) is 5.49. The zero-order valence-corrected chi connectivity index (χ0v) is 7.92. The van der Waals surface area contributed by atoms with Gasteiger partial charge >= 0.3 is 0 Å². The lowest BCUT2D eigenvalue weighted by Gasteiger charge is -2.01. The summed E-state index contributed by atoms with van der Waals surface area (Å²) in [7, 11) is 0. The largest absolute Gasteiger partial charge is 0.256 e. The molecule has 0 saturated heterocycles. The molecule has 1 aromatic carbocycles. The molecule has 0 spiro atoms. The third kappa shape index (κ3) is 1.58. The van der Waals surface area contributed by atoms with Gasteiger partial charge in [-0.15, -0.1) is 0 Å². The van der Waals surface area contributed by atoms with Gasteiger partial charge in [0.15, 0.2) is 0 Å². The van der Waals surface area contributed by atoms with E-state index in [9.17, 15) is 0 Å². The molecule has 0 aliphatic heterocycles. The highest BCUT2D eigenvalue weighted by atomic mass is 32.2. The number of aromatic nitrogens is 1. The van der Waals surface area contributed by atoms with Gasteiger partial charge in [-0.1, -0.05) is 30.5 Å². The molecular weight excluding hydrogens is 178 g/mol. The van der Waals surface area contributed by atoms with Gasteiger partial charge in [-0.3, -0.25) is 4.98 Å². The second-order valence-electron chi connectivity index (χ2n) is 2.61. The Labute approximate surface area is 81.5 Å². The Balaban J connectivity index is 2.68. The van der Waals surface area contributed by atoms with E-state index in [0.29, 0.717) is 0 Å². The quantitative estimate of drug-likeness (QED) is 0.668. The molecule has 13 heavy (non-hydrogen) atoms. The predicted octanol–water partition coefficient (Wildman–Crippen LogP) is 3.47. The SMILES string of the molecule is C=CSc1cccc2ncccc12. The molecule has 2 heteroatoms. The monoisotopic (exact) mass is 187 g/mol. The summed E-state index contributed by atoms with van der Waals surface area (Å²) in [5.41, 5.74) is 1.04. The third-order valence-electron chi connectivity index (χ3n) is 1.82. The van der Waals surface area contributed by atoms with Crippen LogP contribution in [0.4, 0.5) is 0 Å². The van der Waals surface area contributed by atoms with E-state index in [4.69, 9.17) is 0 Å². The van der Waals surface area contributed by atoms with Gasteiger partial charge < -0.3 is 0 Å². The maximum atomic E-state index is 4.28. The van der Waals surface area contributed by atoms with Crippen LogP contribution >= 0.6 is 11.8 Å². The standard InChI is InChI=1S/C11H9NS/c1-2-13-11-7-3-6-10-9(11)5-4-8-12-10/h2-8H,1H2. The Hall–Kier alpha value is -1.28. The minimum Gasteiger partial charge on any atom is -0.256 e. The fourth-order valence-corrected chi connectivity index (χ4v) is 1.90. The molecule has 0 unspecified atom stereocenters. The zero-order valence-electron chi connectivity index (χ0n) is 7.10. The first-order valence-corrected chi connectivity index (χ1v) is 4.91. The number of nitrogens with zero attached hydrogens (tertiary/aromatic N) is 1.